The average molecular weight is 345 g/mol. The molecule has 0 amide bonds. The van der Waals surface area contributed by atoms with Gasteiger partial charge in [-0.15, -0.1) is 0 Å². The number of imidazole rings is 1. The zero-order valence-electron chi connectivity index (χ0n) is 13.0. The van der Waals surface area contributed by atoms with E-state index in [2.05, 4.69) is 20.1 Å². The number of hydrogen-bond donors (Lipinski definition) is 3. The van der Waals surface area contributed by atoms with Gasteiger partial charge in [0, 0.05) is 18.4 Å². The van der Waals surface area contributed by atoms with E-state index in [1.165, 1.54) is 18.8 Å². The standard InChI is InChI=1S/C15H15N5O3S/c1-8-3-5-9(6-4-8)10(19-23)7-24-14-16-11-12(17-14)18-15(22)20(2)13(11)21/h3-6,23H,7H2,1-2H3,(H,16,17)(H,18,22)/b19-10-. The Morgan fingerprint density at radius 2 is 2.00 bits per heavy atom. The number of fused-ring (bicyclic) bond motifs is 1. The largest absolute Gasteiger partial charge is 0.411 e. The van der Waals surface area contributed by atoms with Crippen LogP contribution >= 0.6 is 11.8 Å². The van der Waals surface area contributed by atoms with Crippen LogP contribution in [-0.4, -0.2) is 36.2 Å². The van der Waals surface area contributed by atoms with Crippen molar-refractivity contribution >= 4 is 28.6 Å². The summed E-state index contributed by atoms with van der Waals surface area (Å²) < 4.78 is 0.974. The molecular formula is C15H15N5O3S. The van der Waals surface area contributed by atoms with Crippen molar-refractivity contribution in [3.05, 3.63) is 56.2 Å². The van der Waals surface area contributed by atoms with Crippen LogP contribution < -0.4 is 11.2 Å². The molecule has 1 aromatic carbocycles. The summed E-state index contributed by atoms with van der Waals surface area (Å²) in [5.41, 5.74) is 1.88. The minimum absolute atomic E-state index is 0.212. The first-order valence-corrected chi connectivity index (χ1v) is 8.08. The van der Waals surface area contributed by atoms with E-state index in [0.29, 0.717) is 16.6 Å². The van der Waals surface area contributed by atoms with E-state index in [4.69, 9.17) is 0 Å². The van der Waals surface area contributed by atoms with Crippen molar-refractivity contribution in [3.63, 3.8) is 0 Å². The van der Waals surface area contributed by atoms with Crippen molar-refractivity contribution in [2.45, 2.75) is 12.1 Å². The van der Waals surface area contributed by atoms with Crippen LogP contribution in [0.25, 0.3) is 11.2 Å². The highest BCUT2D eigenvalue weighted by molar-refractivity contribution is 7.99. The molecule has 2 aromatic heterocycles. The van der Waals surface area contributed by atoms with Gasteiger partial charge >= 0.3 is 5.69 Å². The van der Waals surface area contributed by atoms with Gasteiger partial charge in [-0.1, -0.05) is 46.7 Å². The van der Waals surface area contributed by atoms with E-state index in [1.807, 2.05) is 31.2 Å². The number of nitrogens with zero attached hydrogens (tertiary/aromatic N) is 3. The van der Waals surface area contributed by atoms with Crippen LogP contribution in [0, 0.1) is 6.92 Å². The lowest BCUT2D eigenvalue weighted by atomic mass is 10.1. The molecule has 0 atom stereocenters. The molecule has 0 saturated carbocycles. The molecule has 9 heteroatoms. The number of rotatable bonds is 4. The topological polar surface area (TPSA) is 116 Å². The van der Waals surface area contributed by atoms with Crippen molar-refractivity contribution in [1.29, 1.82) is 0 Å². The molecule has 3 rings (SSSR count). The Morgan fingerprint density at radius 1 is 1.29 bits per heavy atom. The van der Waals surface area contributed by atoms with E-state index in [0.717, 1.165) is 15.7 Å². The fraction of sp³-hybridized carbons (Fsp3) is 0.200. The number of thioether (sulfide) groups is 1. The number of oxime groups is 1. The number of aromatic nitrogens is 4. The first kappa shape index (κ1) is 16.1. The summed E-state index contributed by atoms with van der Waals surface area (Å²) in [7, 11) is 1.39. The van der Waals surface area contributed by atoms with Gasteiger partial charge in [-0.2, -0.15) is 0 Å². The SMILES string of the molecule is Cc1ccc(/C(CSc2nc3[nH]c(=O)n(C)c(=O)c3[nH]2)=N\O)cc1. The molecule has 3 N–H and O–H groups in total. The summed E-state index contributed by atoms with van der Waals surface area (Å²) in [6, 6.07) is 7.61. The van der Waals surface area contributed by atoms with Crippen LogP contribution in [0.5, 0.6) is 0 Å². The molecule has 124 valence electrons. The van der Waals surface area contributed by atoms with Crippen molar-refractivity contribution in [2.24, 2.45) is 12.2 Å². The maximum Gasteiger partial charge on any atom is 0.329 e. The second kappa shape index (κ2) is 6.36. The van der Waals surface area contributed by atoms with Gasteiger partial charge in [0.1, 0.15) is 0 Å². The third kappa shape index (κ3) is 2.98. The van der Waals surface area contributed by atoms with Gasteiger partial charge in [-0.05, 0) is 6.92 Å². The number of H-pyrrole nitrogens is 2. The number of benzene rings is 1. The highest BCUT2D eigenvalue weighted by Gasteiger charge is 2.12. The molecular weight excluding hydrogens is 330 g/mol. The summed E-state index contributed by atoms with van der Waals surface area (Å²) >= 11 is 1.27. The van der Waals surface area contributed by atoms with E-state index in [-0.39, 0.29) is 11.2 Å². The zero-order chi connectivity index (χ0) is 17.3. The van der Waals surface area contributed by atoms with Gasteiger partial charge in [0.2, 0.25) is 0 Å². The molecule has 0 bridgehead atoms. The molecule has 0 aliphatic carbocycles. The van der Waals surface area contributed by atoms with Crippen LogP contribution in [0.1, 0.15) is 11.1 Å². The third-order valence-electron chi connectivity index (χ3n) is 3.58. The number of aryl methyl sites for hydroxylation is 1. The monoisotopic (exact) mass is 345 g/mol. The highest BCUT2D eigenvalue weighted by atomic mass is 32.2. The predicted molar refractivity (Wildman–Crippen MR) is 92.2 cm³/mol. The van der Waals surface area contributed by atoms with Gasteiger partial charge in [0.05, 0.1) is 5.71 Å². The number of hydrogen-bond acceptors (Lipinski definition) is 6. The molecule has 3 aromatic rings. The minimum atomic E-state index is -0.521. The van der Waals surface area contributed by atoms with E-state index in [1.54, 1.807) is 0 Å². The molecule has 0 aliphatic rings. The molecule has 0 radical (unpaired) electrons. The van der Waals surface area contributed by atoms with Gasteiger partial charge in [0.15, 0.2) is 16.3 Å². The lowest BCUT2D eigenvalue weighted by Crippen LogP contribution is -2.32. The Balaban J connectivity index is 1.85. The minimum Gasteiger partial charge on any atom is -0.411 e. The van der Waals surface area contributed by atoms with E-state index in [9.17, 15) is 14.8 Å². The van der Waals surface area contributed by atoms with Crippen LogP contribution in [-0.2, 0) is 7.05 Å². The van der Waals surface area contributed by atoms with Gasteiger partial charge in [-0.3, -0.25) is 14.3 Å². The Bertz CT molecular complexity index is 1030. The third-order valence-corrected chi connectivity index (χ3v) is 4.47. The highest BCUT2D eigenvalue weighted by Crippen LogP contribution is 2.18. The molecule has 8 nitrogen and oxygen atoms in total. The van der Waals surface area contributed by atoms with Gasteiger partial charge in [0.25, 0.3) is 5.56 Å². The second-order valence-corrected chi connectivity index (χ2v) is 6.23. The van der Waals surface area contributed by atoms with Crippen molar-refractivity contribution in [1.82, 2.24) is 19.5 Å². The van der Waals surface area contributed by atoms with Crippen LogP contribution in [0.3, 0.4) is 0 Å². The Labute approximate surface area is 140 Å². The molecule has 24 heavy (non-hydrogen) atoms. The fourth-order valence-electron chi connectivity index (χ4n) is 2.16. The second-order valence-electron chi connectivity index (χ2n) is 5.26. The van der Waals surface area contributed by atoms with E-state index < -0.39 is 11.2 Å². The van der Waals surface area contributed by atoms with Crippen molar-refractivity contribution < 1.29 is 5.21 Å². The molecule has 2 heterocycles. The summed E-state index contributed by atoms with van der Waals surface area (Å²) in [6.07, 6.45) is 0. The summed E-state index contributed by atoms with van der Waals surface area (Å²) in [5.74, 6) is 0.351. The van der Waals surface area contributed by atoms with E-state index >= 15 is 0 Å². The zero-order valence-corrected chi connectivity index (χ0v) is 13.8. The number of nitrogens with one attached hydrogen (secondary N) is 2. The molecule has 0 saturated heterocycles. The molecule has 0 fully saturated rings. The summed E-state index contributed by atoms with van der Waals surface area (Å²) in [6.45, 7) is 1.98. The van der Waals surface area contributed by atoms with Gasteiger partial charge in [-0.25, -0.2) is 9.78 Å². The van der Waals surface area contributed by atoms with Crippen LogP contribution in [0.2, 0.25) is 0 Å². The fourth-order valence-corrected chi connectivity index (χ4v) is 2.99. The Kier molecular flexibility index (Phi) is 4.26. The number of aromatic amines is 2. The molecule has 0 spiro atoms. The average Bonchev–Trinajstić information content (AvgIpc) is 2.98. The van der Waals surface area contributed by atoms with Crippen molar-refractivity contribution in [2.75, 3.05) is 5.75 Å². The maximum atomic E-state index is 12.0. The normalized spacial score (nSPS) is 12.0. The maximum absolute atomic E-state index is 12.0. The Morgan fingerprint density at radius 3 is 2.67 bits per heavy atom. The summed E-state index contributed by atoms with van der Waals surface area (Å²) in [4.78, 5) is 33.2. The smallest absolute Gasteiger partial charge is 0.329 e. The van der Waals surface area contributed by atoms with Crippen molar-refractivity contribution in [3.8, 4) is 0 Å². The van der Waals surface area contributed by atoms with Crippen LogP contribution in [0.4, 0.5) is 0 Å². The van der Waals surface area contributed by atoms with Crippen LogP contribution in [0.15, 0.2) is 44.2 Å². The quantitative estimate of drug-likeness (QED) is 0.285. The lowest BCUT2D eigenvalue weighted by molar-refractivity contribution is 0.319. The first-order valence-electron chi connectivity index (χ1n) is 7.09. The molecule has 0 aliphatic heterocycles. The Hall–Kier alpha value is -2.81. The molecule has 0 unspecified atom stereocenters. The lowest BCUT2D eigenvalue weighted by Gasteiger charge is -2.03. The first-order chi connectivity index (χ1) is 11.5. The predicted octanol–water partition coefficient (Wildman–Crippen LogP) is 1.23. The van der Waals surface area contributed by atoms with Gasteiger partial charge < -0.3 is 10.2 Å². The summed E-state index contributed by atoms with van der Waals surface area (Å²) in [5, 5.41) is 13.0.